The van der Waals surface area contributed by atoms with E-state index in [1.165, 1.54) is 16.9 Å². The Labute approximate surface area is 152 Å². The van der Waals surface area contributed by atoms with Gasteiger partial charge in [-0.15, -0.1) is 0 Å². The Kier molecular flexibility index (Phi) is 4.99. The van der Waals surface area contributed by atoms with Gasteiger partial charge in [0.2, 0.25) is 0 Å². The number of benzene rings is 1. The van der Waals surface area contributed by atoms with Crippen LogP contribution in [0.3, 0.4) is 0 Å². The molecule has 0 amide bonds. The van der Waals surface area contributed by atoms with E-state index in [0.717, 1.165) is 22.3 Å². The lowest BCUT2D eigenvalue weighted by molar-refractivity contribution is 0.0913. The molecule has 2 heterocycles. The predicted octanol–water partition coefficient (Wildman–Crippen LogP) is 5.12. The molecular weight excluding hydrogens is 382 g/mol. The molecule has 0 radical (unpaired) electrons. The second-order valence-electron chi connectivity index (χ2n) is 7.38. The van der Waals surface area contributed by atoms with Crippen LogP contribution in [0, 0.1) is 0 Å². The van der Waals surface area contributed by atoms with E-state index in [4.69, 9.17) is 4.74 Å². The normalized spacial score (nSPS) is 12.2. The standard InChI is InChI=1S/C18H24BrN3OSi/c1-21-12-14(11-20-21)18-10-15-16(19)6-5-7-17(15)22(18)13-23-8-9-24(2,3)4/h5-7,10-12H,8-9,13H2,1-4H3. The Morgan fingerprint density at radius 3 is 2.71 bits per heavy atom. The maximum atomic E-state index is 6.03. The SMILES string of the molecule is Cn1cc(-c2cc3c(Br)cccc3n2COCC[Si](C)(C)C)cn1. The molecule has 1 aromatic carbocycles. The number of halogens is 1. The number of aryl methyl sites for hydroxylation is 1. The van der Waals surface area contributed by atoms with E-state index in [1.807, 2.05) is 24.1 Å². The van der Waals surface area contributed by atoms with Crippen molar-refractivity contribution in [3.8, 4) is 11.3 Å². The summed E-state index contributed by atoms with van der Waals surface area (Å²) in [5.41, 5.74) is 3.42. The maximum absolute atomic E-state index is 6.03. The number of fused-ring (bicyclic) bond motifs is 1. The number of rotatable bonds is 6. The summed E-state index contributed by atoms with van der Waals surface area (Å²) in [6.45, 7) is 8.50. The molecule has 0 aliphatic heterocycles. The molecule has 0 atom stereocenters. The van der Waals surface area contributed by atoms with E-state index in [-0.39, 0.29) is 0 Å². The van der Waals surface area contributed by atoms with Crippen LogP contribution in [0.15, 0.2) is 41.1 Å². The Bertz CT molecular complexity index is 848. The van der Waals surface area contributed by atoms with Crippen LogP contribution in [0.2, 0.25) is 25.7 Å². The fourth-order valence-electron chi connectivity index (χ4n) is 2.71. The van der Waals surface area contributed by atoms with E-state index in [2.05, 4.69) is 69.5 Å². The number of nitrogens with zero attached hydrogens (tertiary/aromatic N) is 3. The van der Waals surface area contributed by atoms with E-state index in [0.29, 0.717) is 6.73 Å². The number of ether oxygens (including phenoxy) is 1. The van der Waals surface area contributed by atoms with Crippen molar-refractivity contribution in [2.45, 2.75) is 32.4 Å². The third-order valence-corrected chi connectivity index (χ3v) is 6.51. The molecule has 0 bridgehead atoms. The van der Waals surface area contributed by atoms with Crippen molar-refractivity contribution in [2.24, 2.45) is 7.05 Å². The molecule has 0 spiro atoms. The molecule has 0 unspecified atom stereocenters. The van der Waals surface area contributed by atoms with Crippen LogP contribution in [-0.4, -0.2) is 29.0 Å². The molecule has 24 heavy (non-hydrogen) atoms. The monoisotopic (exact) mass is 405 g/mol. The third kappa shape index (κ3) is 3.82. The van der Waals surface area contributed by atoms with Gasteiger partial charge in [0, 0.05) is 43.3 Å². The molecule has 0 aliphatic carbocycles. The van der Waals surface area contributed by atoms with Crippen LogP contribution >= 0.6 is 15.9 Å². The van der Waals surface area contributed by atoms with Crippen molar-refractivity contribution in [2.75, 3.05) is 6.61 Å². The predicted molar refractivity (Wildman–Crippen MR) is 106 cm³/mol. The summed E-state index contributed by atoms with van der Waals surface area (Å²) in [6, 6.07) is 9.67. The van der Waals surface area contributed by atoms with Gasteiger partial charge in [-0.25, -0.2) is 0 Å². The zero-order chi connectivity index (χ0) is 17.3. The second kappa shape index (κ2) is 6.86. The Balaban J connectivity index is 1.93. The lowest BCUT2D eigenvalue weighted by Crippen LogP contribution is -2.22. The quantitative estimate of drug-likeness (QED) is 0.421. The van der Waals surface area contributed by atoms with Crippen LogP contribution < -0.4 is 0 Å². The highest BCUT2D eigenvalue weighted by Crippen LogP contribution is 2.32. The van der Waals surface area contributed by atoms with Crippen molar-refractivity contribution in [1.82, 2.24) is 14.3 Å². The smallest absolute Gasteiger partial charge is 0.123 e. The first-order chi connectivity index (χ1) is 11.3. The van der Waals surface area contributed by atoms with Crippen LogP contribution in [0.5, 0.6) is 0 Å². The van der Waals surface area contributed by atoms with Crippen molar-refractivity contribution in [3.63, 3.8) is 0 Å². The van der Waals surface area contributed by atoms with Gasteiger partial charge in [0.1, 0.15) is 6.73 Å². The van der Waals surface area contributed by atoms with Gasteiger partial charge in [-0.1, -0.05) is 41.6 Å². The molecule has 2 aromatic heterocycles. The number of aromatic nitrogens is 3. The van der Waals surface area contributed by atoms with E-state index in [9.17, 15) is 0 Å². The first kappa shape index (κ1) is 17.4. The summed E-state index contributed by atoms with van der Waals surface area (Å²) in [4.78, 5) is 0. The summed E-state index contributed by atoms with van der Waals surface area (Å²) in [6.07, 6.45) is 3.95. The van der Waals surface area contributed by atoms with Crippen molar-refractivity contribution in [1.29, 1.82) is 0 Å². The fourth-order valence-corrected chi connectivity index (χ4v) is 3.94. The average molecular weight is 406 g/mol. The van der Waals surface area contributed by atoms with Crippen LogP contribution in [0.1, 0.15) is 0 Å². The highest BCUT2D eigenvalue weighted by Gasteiger charge is 2.15. The first-order valence-corrected chi connectivity index (χ1v) is 12.7. The summed E-state index contributed by atoms with van der Waals surface area (Å²) in [7, 11) is 0.870. The molecular formula is C18H24BrN3OSi. The van der Waals surface area contributed by atoms with Gasteiger partial charge in [-0.3, -0.25) is 4.68 Å². The number of hydrogen-bond acceptors (Lipinski definition) is 2. The van der Waals surface area contributed by atoms with Gasteiger partial charge in [0.25, 0.3) is 0 Å². The molecule has 0 saturated carbocycles. The third-order valence-electron chi connectivity index (χ3n) is 4.11. The van der Waals surface area contributed by atoms with E-state index >= 15 is 0 Å². The van der Waals surface area contributed by atoms with Crippen LogP contribution in [0.25, 0.3) is 22.2 Å². The van der Waals surface area contributed by atoms with Crippen LogP contribution in [0.4, 0.5) is 0 Å². The van der Waals surface area contributed by atoms with Gasteiger partial charge >= 0.3 is 0 Å². The van der Waals surface area contributed by atoms with E-state index in [1.54, 1.807) is 0 Å². The Morgan fingerprint density at radius 2 is 2.04 bits per heavy atom. The van der Waals surface area contributed by atoms with Gasteiger partial charge in [-0.05, 0) is 24.2 Å². The number of hydrogen-bond donors (Lipinski definition) is 0. The maximum Gasteiger partial charge on any atom is 0.123 e. The molecule has 0 saturated heterocycles. The minimum Gasteiger partial charge on any atom is -0.361 e. The zero-order valence-electron chi connectivity index (χ0n) is 14.7. The van der Waals surface area contributed by atoms with E-state index < -0.39 is 8.07 Å². The molecule has 0 N–H and O–H groups in total. The van der Waals surface area contributed by atoms with Crippen molar-refractivity contribution >= 4 is 34.9 Å². The molecule has 0 fully saturated rings. The minimum atomic E-state index is -1.07. The van der Waals surface area contributed by atoms with Crippen molar-refractivity contribution < 1.29 is 4.74 Å². The summed E-state index contributed by atoms with van der Waals surface area (Å²) < 4.78 is 11.2. The highest BCUT2D eigenvalue weighted by atomic mass is 79.9. The lowest BCUT2D eigenvalue weighted by atomic mass is 10.2. The fraction of sp³-hybridized carbons (Fsp3) is 0.389. The Morgan fingerprint density at radius 1 is 1.25 bits per heavy atom. The molecule has 3 rings (SSSR count). The minimum absolute atomic E-state index is 0.564. The topological polar surface area (TPSA) is 32.0 Å². The second-order valence-corrected chi connectivity index (χ2v) is 13.9. The van der Waals surface area contributed by atoms with Gasteiger partial charge < -0.3 is 9.30 Å². The molecule has 128 valence electrons. The van der Waals surface area contributed by atoms with Gasteiger partial charge in [-0.2, -0.15) is 5.10 Å². The van der Waals surface area contributed by atoms with Gasteiger partial charge in [0.15, 0.2) is 0 Å². The molecule has 4 nitrogen and oxygen atoms in total. The first-order valence-electron chi connectivity index (χ1n) is 8.20. The molecule has 6 heteroatoms. The average Bonchev–Trinajstić information content (AvgIpc) is 3.07. The largest absolute Gasteiger partial charge is 0.361 e. The van der Waals surface area contributed by atoms with Gasteiger partial charge in [0.05, 0.1) is 17.4 Å². The lowest BCUT2D eigenvalue weighted by Gasteiger charge is -2.16. The summed E-state index contributed by atoms with van der Waals surface area (Å²) in [5.74, 6) is 0. The highest BCUT2D eigenvalue weighted by molar-refractivity contribution is 9.10. The zero-order valence-corrected chi connectivity index (χ0v) is 17.3. The van der Waals surface area contributed by atoms with Crippen LogP contribution in [-0.2, 0) is 18.5 Å². The summed E-state index contributed by atoms with van der Waals surface area (Å²) in [5, 5.41) is 5.51. The summed E-state index contributed by atoms with van der Waals surface area (Å²) >= 11 is 3.66. The molecule has 3 aromatic rings. The van der Waals surface area contributed by atoms with Crippen molar-refractivity contribution in [3.05, 3.63) is 41.1 Å². The molecule has 0 aliphatic rings. The Hall–Kier alpha value is -1.37.